The van der Waals surface area contributed by atoms with E-state index in [2.05, 4.69) is 0 Å². The van der Waals surface area contributed by atoms with E-state index in [0.717, 1.165) is 29.2 Å². The summed E-state index contributed by atoms with van der Waals surface area (Å²) in [7, 11) is 4.65. The Labute approximate surface area is 210 Å². The number of hydrogen-bond acceptors (Lipinski definition) is 7. The number of carboxylic acid groups (broad SMARTS) is 1. The normalized spacial score (nSPS) is 10.8. The Morgan fingerprint density at radius 2 is 1.42 bits per heavy atom. The number of hydrogen-bond donors (Lipinski definition) is 2. The number of rotatable bonds is 13. The van der Waals surface area contributed by atoms with Crippen LogP contribution in [0.4, 0.5) is 0 Å². The summed E-state index contributed by atoms with van der Waals surface area (Å²) in [5, 5.41) is 9.03. The maximum atomic E-state index is 11.0. The van der Waals surface area contributed by atoms with Crippen LogP contribution in [-0.2, 0) is 24.4 Å². The van der Waals surface area contributed by atoms with Crippen LogP contribution in [0.25, 0.3) is 6.08 Å². The van der Waals surface area contributed by atoms with Crippen LogP contribution in [0.5, 0.6) is 28.7 Å². The third-order valence-corrected chi connectivity index (χ3v) is 5.36. The van der Waals surface area contributed by atoms with Gasteiger partial charge in [0.05, 0.1) is 21.3 Å². The molecule has 0 aliphatic heterocycles. The molecule has 190 valence electrons. The third-order valence-electron chi connectivity index (χ3n) is 5.36. The highest BCUT2D eigenvalue weighted by molar-refractivity contribution is 5.86. The SMILES string of the molecule is COc1cc(/C=C/C(=O)O)c(OCc2cccc(COc3cc(CCN)ccc3OC)c2)cc1OC. The van der Waals surface area contributed by atoms with Crippen molar-refractivity contribution in [3.05, 3.63) is 82.9 Å². The second kappa shape index (κ2) is 13.1. The topological polar surface area (TPSA) is 109 Å². The predicted molar refractivity (Wildman–Crippen MR) is 137 cm³/mol. The van der Waals surface area contributed by atoms with Gasteiger partial charge in [0.1, 0.15) is 19.0 Å². The van der Waals surface area contributed by atoms with Crippen LogP contribution in [0.1, 0.15) is 22.3 Å². The zero-order valence-corrected chi connectivity index (χ0v) is 20.7. The lowest BCUT2D eigenvalue weighted by Crippen LogP contribution is -2.04. The van der Waals surface area contributed by atoms with Crippen molar-refractivity contribution in [3.63, 3.8) is 0 Å². The Morgan fingerprint density at radius 3 is 2.03 bits per heavy atom. The fourth-order valence-corrected chi connectivity index (χ4v) is 3.58. The van der Waals surface area contributed by atoms with Gasteiger partial charge in [0.15, 0.2) is 23.0 Å². The molecule has 0 fully saturated rings. The van der Waals surface area contributed by atoms with E-state index >= 15 is 0 Å². The number of nitrogens with two attached hydrogens (primary N) is 1. The van der Waals surface area contributed by atoms with E-state index in [1.54, 1.807) is 19.2 Å². The molecule has 3 N–H and O–H groups in total. The van der Waals surface area contributed by atoms with Gasteiger partial charge >= 0.3 is 5.97 Å². The van der Waals surface area contributed by atoms with Crippen molar-refractivity contribution in [3.8, 4) is 28.7 Å². The average Bonchev–Trinajstić information content (AvgIpc) is 2.89. The van der Waals surface area contributed by atoms with Crippen molar-refractivity contribution >= 4 is 12.0 Å². The fraction of sp³-hybridized carbons (Fsp3) is 0.250. The molecular formula is C28H31NO7. The van der Waals surface area contributed by atoms with Crippen molar-refractivity contribution in [2.45, 2.75) is 19.6 Å². The molecule has 0 saturated heterocycles. The second-order valence-electron chi connectivity index (χ2n) is 7.84. The van der Waals surface area contributed by atoms with Gasteiger partial charge < -0.3 is 34.5 Å². The lowest BCUT2D eigenvalue weighted by Gasteiger charge is -2.15. The summed E-state index contributed by atoms with van der Waals surface area (Å²) in [6, 6.07) is 17.0. The number of methoxy groups -OCH3 is 3. The molecule has 0 heterocycles. The predicted octanol–water partition coefficient (Wildman–Crippen LogP) is 4.47. The summed E-state index contributed by atoms with van der Waals surface area (Å²) < 4.78 is 28.2. The number of carboxylic acids is 1. The summed E-state index contributed by atoms with van der Waals surface area (Å²) in [5.41, 5.74) is 9.19. The Bertz CT molecular complexity index is 1210. The second-order valence-corrected chi connectivity index (χ2v) is 7.84. The molecule has 3 aromatic rings. The maximum absolute atomic E-state index is 11.0. The smallest absolute Gasteiger partial charge is 0.328 e. The van der Waals surface area contributed by atoms with Crippen molar-refractivity contribution < 1.29 is 33.6 Å². The molecule has 0 aliphatic carbocycles. The van der Waals surface area contributed by atoms with Gasteiger partial charge in [-0.15, -0.1) is 0 Å². The highest BCUT2D eigenvalue weighted by atomic mass is 16.5. The molecule has 0 atom stereocenters. The Balaban J connectivity index is 1.75. The lowest BCUT2D eigenvalue weighted by atomic mass is 10.1. The van der Waals surface area contributed by atoms with E-state index in [4.69, 9.17) is 34.5 Å². The van der Waals surface area contributed by atoms with Crippen molar-refractivity contribution in [1.29, 1.82) is 0 Å². The molecule has 36 heavy (non-hydrogen) atoms. The molecule has 8 nitrogen and oxygen atoms in total. The van der Waals surface area contributed by atoms with E-state index in [1.165, 1.54) is 20.3 Å². The maximum Gasteiger partial charge on any atom is 0.328 e. The first kappa shape index (κ1) is 26.4. The van der Waals surface area contributed by atoms with Crippen LogP contribution in [0.15, 0.2) is 60.7 Å². The summed E-state index contributed by atoms with van der Waals surface area (Å²) >= 11 is 0. The summed E-state index contributed by atoms with van der Waals surface area (Å²) in [4.78, 5) is 11.0. The first-order valence-electron chi connectivity index (χ1n) is 11.3. The minimum absolute atomic E-state index is 0.256. The third kappa shape index (κ3) is 7.16. The monoisotopic (exact) mass is 493 g/mol. The molecule has 0 unspecified atom stereocenters. The van der Waals surface area contributed by atoms with E-state index in [-0.39, 0.29) is 6.61 Å². The van der Waals surface area contributed by atoms with Crippen LogP contribution < -0.4 is 29.4 Å². The number of benzene rings is 3. The summed E-state index contributed by atoms with van der Waals surface area (Å²) in [5.74, 6) is 1.67. The first-order chi connectivity index (χ1) is 17.5. The van der Waals surface area contributed by atoms with Crippen molar-refractivity contribution in [2.24, 2.45) is 5.73 Å². The molecule has 0 saturated carbocycles. The molecule has 0 spiro atoms. The highest BCUT2D eigenvalue weighted by Crippen LogP contribution is 2.36. The largest absolute Gasteiger partial charge is 0.493 e. The standard InChI is InChI=1S/C28H31NO7/c1-32-23-9-7-19(11-12-29)14-27(23)36-18-21-6-4-5-20(13-21)17-35-24-16-26(34-3)25(33-2)15-22(24)8-10-28(30)31/h4-10,13-16H,11-12,17-18,29H2,1-3H3,(H,30,31)/b10-8+. The van der Waals surface area contributed by atoms with Gasteiger partial charge in [0.25, 0.3) is 0 Å². The highest BCUT2D eigenvalue weighted by Gasteiger charge is 2.12. The molecular weight excluding hydrogens is 462 g/mol. The summed E-state index contributed by atoms with van der Waals surface area (Å²) in [6.07, 6.45) is 3.26. The van der Waals surface area contributed by atoms with E-state index in [9.17, 15) is 4.79 Å². The minimum Gasteiger partial charge on any atom is -0.493 e. The molecule has 3 aromatic carbocycles. The van der Waals surface area contributed by atoms with Gasteiger partial charge in [-0.2, -0.15) is 0 Å². The first-order valence-corrected chi connectivity index (χ1v) is 11.3. The Kier molecular flexibility index (Phi) is 9.59. The van der Waals surface area contributed by atoms with Gasteiger partial charge in [-0.3, -0.25) is 0 Å². The van der Waals surface area contributed by atoms with Gasteiger partial charge in [-0.1, -0.05) is 24.3 Å². The molecule has 0 amide bonds. The van der Waals surface area contributed by atoms with E-state index in [0.29, 0.717) is 47.5 Å². The molecule has 3 rings (SSSR count). The molecule has 0 aliphatic rings. The molecule has 0 aromatic heterocycles. The fourth-order valence-electron chi connectivity index (χ4n) is 3.58. The summed E-state index contributed by atoms with van der Waals surface area (Å²) in [6.45, 7) is 1.16. The van der Waals surface area contributed by atoms with Crippen LogP contribution in [0.3, 0.4) is 0 Å². The lowest BCUT2D eigenvalue weighted by molar-refractivity contribution is -0.131. The number of carbonyl (C=O) groups is 1. The average molecular weight is 494 g/mol. The van der Waals surface area contributed by atoms with Crippen molar-refractivity contribution in [1.82, 2.24) is 0 Å². The molecule has 0 radical (unpaired) electrons. The Morgan fingerprint density at radius 1 is 0.778 bits per heavy atom. The number of aliphatic carboxylic acids is 1. The van der Waals surface area contributed by atoms with Crippen LogP contribution in [0, 0.1) is 0 Å². The van der Waals surface area contributed by atoms with Gasteiger partial charge in [-0.25, -0.2) is 4.79 Å². The zero-order chi connectivity index (χ0) is 25.9. The van der Waals surface area contributed by atoms with Crippen LogP contribution in [0.2, 0.25) is 0 Å². The number of ether oxygens (including phenoxy) is 5. The van der Waals surface area contributed by atoms with E-state index in [1.807, 2.05) is 42.5 Å². The van der Waals surface area contributed by atoms with Gasteiger partial charge in [0, 0.05) is 17.7 Å². The zero-order valence-electron chi connectivity index (χ0n) is 20.7. The minimum atomic E-state index is -1.06. The van der Waals surface area contributed by atoms with Gasteiger partial charge in [-0.05, 0) is 60.0 Å². The molecule has 8 heteroatoms. The van der Waals surface area contributed by atoms with Crippen LogP contribution >= 0.6 is 0 Å². The van der Waals surface area contributed by atoms with E-state index < -0.39 is 5.97 Å². The van der Waals surface area contributed by atoms with Crippen molar-refractivity contribution in [2.75, 3.05) is 27.9 Å². The quantitative estimate of drug-likeness (QED) is 0.336. The Hall–Kier alpha value is -4.17. The van der Waals surface area contributed by atoms with Crippen LogP contribution in [-0.4, -0.2) is 38.9 Å². The molecule has 0 bridgehead atoms. The van der Waals surface area contributed by atoms with Gasteiger partial charge in [0.2, 0.25) is 0 Å².